The molecule has 1 amide bonds. The molecule has 2 aromatic rings. The summed E-state index contributed by atoms with van der Waals surface area (Å²) in [5.74, 6) is 1.28. The SMILES string of the molecule is Cc1cc(CNC(=O)c2ccc([N+](=O)[O-])cc2)c(C)o1. The Bertz CT molecular complexity index is 644. The summed E-state index contributed by atoms with van der Waals surface area (Å²) >= 11 is 0. The predicted octanol–water partition coefficient (Wildman–Crippen LogP) is 2.73. The monoisotopic (exact) mass is 274 g/mol. The van der Waals surface area contributed by atoms with Crippen LogP contribution >= 0.6 is 0 Å². The number of hydrogen-bond donors (Lipinski definition) is 1. The Kier molecular flexibility index (Phi) is 3.84. The predicted molar refractivity (Wildman–Crippen MR) is 72.4 cm³/mol. The van der Waals surface area contributed by atoms with Crippen molar-refractivity contribution in [1.29, 1.82) is 0 Å². The van der Waals surface area contributed by atoms with Crippen molar-refractivity contribution >= 4 is 11.6 Å². The lowest BCUT2D eigenvalue weighted by Crippen LogP contribution is -2.22. The molecule has 6 nitrogen and oxygen atoms in total. The third-order valence-corrected chi connectivity index (χ3v) is 2.92. The molecule has 0 saturated heterocycles. The standard InChI is InChI=1S/C14H14N2O4/c1-9-7-12(10(2)20-9)8-15-14(17)11-3-5-13(6-4-11)16(18)19/h3-7H,8H2,1-2H3,(H,15,17). The van der Waals surface area contributed by atoms with Crippen LogP contribution in [0.25, 0.3) is 0 Å². The molecule has 20 heavy (non-hydrogen) atoms. The fourth-order valence-electron chi connectivity index (χ4n) is 1.87. The molecule has 0 bridgehead atoms. The number of amides is 1. The number of hydrogen-bond acceptors (Lipinski definition) is 4. The van der Waals surface area contributed by atoms with Crippen LogP contribution in [0.3, 0.4) is 0 Å². The molecule has 0 radical (unpaired) electrons. The number of carbonyl (C=O) groups is 1. The number of nitro benzene ring substituents is 1. The van der Waals surface area contributed by atoms with E-state index in [1.807, 2.05) is 19.9 Å². The van der Waals surface area contributed by atoms with E-state index in [1.54, 1.807) is 0 Å². The fraction of sp³-hybridized carbons (Fsp3) is 0.214. The van der Waals surface area contributed by atoms with Gasteiger partial charge in [-0.2, -0.15) is 0 Å². The Morgan fingerprint density at radius 1 is 1.30 bits per heavy atom. The Hall–Kier alpha value is -2.63. The van der Waals surface area contributed by atoms with E-state index >= 15 is 0 Å². The van der Waals surface area contributed by atoms with Crippen molar-refractivity contribution in [2.45, 2.75) is 20.4 Å². The number of nitro groups is 1. The van der Waals surface area contributed by atoms with Gasteiger partial charge in [0.25, 0.3) is 11.6 Å². The molecular formula is C14H14N2O4. The Morgan fingerprint density at radius 3 is 2.45 bits per heavy atom. The maximum Gasteiger partial charge on any atom is 0.269 e. The lowest BCUT2D eigenvalue weighted by atomic mass is 10.2. The minimum Gasteiger partial charge on any atom is -0.466 e. The molecule has 6 heteroatoms. The summed E-state index contributed by atoms with van der Waals surface area (Å²) in [6.45, 7) is 4.04. The van der Waals surface area contributed by atoms with Crippen LogP contribution in [0, 0.1) is 24.0 Å². The van der Waals surface area contributed by atoms with Gasteiger partial charge in [-0.1, -0.05) is 0 Å². The van der Waals surface area contributed by atoms with Crippen LogP contribution in [0.2, 0.25) is 0 Å². The zero-order valence-corrected chi connectivity index (χ0v) is 11.2. The number of aryl methyl sites for hydroxylation is 2. The number of furan rings is 1. The van der Waals surface area contributed by atoms with Gasteiger partial charge in [-0.15, -0.1) is 0 Å². The van der Waals surface area contributed by atoms with E-state index in [-0.39, 0.29) is 11.6 Å². The van der Waals surface area contributed by atoms with Crippen LogP contribution in [0.4, 0.5) is 5.69 Å². The van der Waals surface area contributed by atoms with Crippen LogP contribution in [0.1, 0.15) is 27.4 Å². The molecule has 1 aromatic carbocycles. The highest BCUT2D eigenvalue weighted by Gasteiger charge is 2.10. The third kappa shape index (κ3) is 3.03. The van der Waals surface area contributed by atoms with Crippen molar-refractivity contribution in [3.63, 3.8) is 0 Å². The van der Waals surface area contributed by atoms with Crippen molar-refractivity contribution in [2.75, 3.05) is 0 Å². The first-order valence-electron chi connectivity index (χ1n) is 6.06. The maximum atomic E-state index is 11.9. The lowest BCUT2D eigenvalue weighted by Gasteiger charge is -2.04. The minimum absolute atomic E-state index is 0.0390. The smallest absolute Gasteiger partial charge is 0.269 e. The molecule has 0 fully saturated rings. The van der Waals surface area contributed by atoms with E-state index in [2.05, 4.69) is 5.32 Å². The molecule has 1 heterocycles. The van der Waals surface area contributed by atoms with E-state index in [4.69, 9.17) is 4.42 Å². The van der Waals surface area contributed by atoms with Crippen molar-refractivity contribution in [1.82, 2.24) is 5.32 Å². The topological polar surface area (TPSA) is 85.4 Å². The van der Waals surface area contributed by atoms with E-state index < -0.39 is 4.92 Å². The summed E-state index contributed by atoms with van der Waals surface area (Å²) in [6, 6.07) is 7.34. The van der Waals surface area contributed by atoms with Crippen molar-refractivity contribution in [2.24, 2.45) is 0 Å². The van der Waals surface area contributed by atoms with Crippen LogP contribution in [-0.2, 0) is 6.54 Å². The number of benzene rings is 1. The number of nitrogens with zero attached hydrogens (tertiary/aromatic N) is 1. The highest BCUT2D eigenvalue weighted by molar-refractivity contribution is 5.94. The van der Waals surface area contributed by atoms with Gasteiger partial charge in [0.2, 0.25) is 0 Å². The molecule has 2 rings (SSSR count). The van der Waals surface area contributed by atoms with Crippen LogP contribution in [0.5, 0.6) is 0 Å². The van der Waals surface area contributed by atoms with Crippen molar-refractivity contribution in [3.8, 4) is 0 Å². The number of rotatable bonds is 4. The first kappa shape index (κ1) is 13.8. The molecule has 1 N–H and O–H groups in total. The summed E-state index contributed by atoms with van der Waals surface area (Å²) in [5.41, 5.74) is 1.26. The zero-order valence-electron chi connectivity index (χ0n) is 11.2. The molecule has 0 atom stereocenters. The Balaban J connectivity index is 2.01. The Morgan fingerprint density at radius 2 is 1.95 bits per heavy atom. The van der Waals surface area contributed by atoms with Gasteiger partial charge >= 0.3 is 0 Å². The van der Waals surface area contributed by atoms with Gasteiger partial charge in [-0.05, 0) is 32.0 Å². The molecule has 0 saturated carbocycles. The minimum atomic E-state index is -0.501. The number of carbonyl (C=O) groups excluding carboxylic acids is 1. The van der Waals surface area contributed by atoms with E-state index in [0.717, 1.165) is 17.1 Å². The molecule has 1 aromatic heterocycles. The first-order chi connectivity index (χ1) is 9.47. The summed E-state index contributed by atoms with van der Waals surface area (Å²) < 4.78 is 5.37. The largest absolute Gasteiger partial charge is 0.466 e. The molecule has 0 aliphatic rings. The highest BCUT2D eigenvalue weighted by Crippen LogP contribution is 2.14. The second-order valence-electron chi connectivity index (χ2n) is 4.43. The van der Waals surface area contributed by atoms with Gasteiger partial charge in [0.05, 0.1) is 4.92 Å². The van der Waals surface area contributed by atoms with Crippen molar-refractivity contribution < 1.29 is 14.1 Å². The fourth-order valence-corrected chi connectivity index (χ4v) is 1.87. The van der Waals surface area contributed by atoms with Gasteiger partial charge in [-0.25, -0.2) is 0 Å². The highest BCUT2D eigenvalue weighted by atomic mass is 16.6. The van der Waals surface area contributed by atoms with Gasteiger partial charge < -0.3 is 9.73 Å². The molecule has 0 aliphatic heterocycles. The molecule has 104 valence electrons. The second-order valence-corrected chi connectivity index (χ2v) is 4.43. The average molecular weight is 274 g/mol. The van der Waals surface area contributed by atoms with Gasteiger partial charge in [0, 0.05) is 29.8 Å². The summed E-state index contributed by atoms with van der Waals surface area (Å²) in [7, 11) is 0. The van der Waals surface area contributed by atoms with Crippen molar-refractivity contribution in [3.05, 3.63) is 63.1 Å². The van der Waals surface area contributed by atoms with Crippen LogP contribution in [-0.4, -0.2) is 10.8 Å². The molecular weight excluding hydrogens is 260 g/mol. The van der Waals surface area contributed by atoms with E-state index in [9.17, 15) is 14.9 Å². The lowest BCUT2D eigenvalue weighted by molar-refractivity contribution is -0.384. The molecule has 0 spiro atoms. The molecule has 0 unspecified atom stereocenters. The summed E-state index contributed by atoms with van der Waals surface area (Å²) in [5, 5.41) is 13.3. The maximum absolute atomic E-state index is 11.9. The quantitative estimate of drug-likeness (QED) is 0.686. The summed E-state index contributed by atoms with van der Waals surface area (Å²) in [6.07, 6.45) is 0. The normalized spacial score (nSPS) is 10.3. The third-order valence-electron chi connectivity index (χ3n) is 2.92. The first-order valence-corrected chi connectivity index (χ1v) is 6.06. The number of non-ortho nitro benzene ring substituents is 1. The van der Waals surface area contributed by atoms with Crippen LogP contribution in [0.15, 0.2) is 34.7 Å². The Labute approximate surface area is 115 Å². The zero-order chi connectivity index (χ0) is 14.7. The molecule has 0 aliphatic carbocycles. The summed E-state index contributed by atoms with van der Waals surface area (Å²) in [4.78, 5) is 21.9. The number of nitrogens with one attached hydrogen (secondary N) is 1. The van der Waals surface area contributed by atoms with E-state index in [1.165, 1.54) is 24.3 Å². The van der Waals surface area contributed by atoms with Gasteiger partial charge in [-0.3, -0.25) is 14.9 Å². The average Bonchev–Trinajstić information content (AvgIpc) is 2.74. The van der Waals surface area contributed by atoms with Gasteiger partial charge in [0.1, 0.15) is 11.5 Å². The van der Waals surface area contributed by atoms with Gasteiger partial charge in [0.15, 0.2) is 0 Å². The van der Waals surface area contributed by atoms with E-state index in [0.29, 0.717) is 12.1 Å². The second kappa shape index (κ2) is 5.56. The van der Waals surface area contributed by atoms with Crippen LogP contribution < -0.4 is 5.32 Å².